The predicted molar refractivity (Wildman–Crippen MR) is 63.3 cm³/mol. The molecule has 0 saturated heterocycles. The van der Waals surface area contributed by atoms with E-state index in [1.165, 1.54) is 14.0 Å². The average molecular weight is 229 g/mol. The van der Waals surface area contributed by atoms with Gasteiger partial charge in [-0.25, -0.2) is 4.79 Å². The third-order valence-electron chi connectivity index (χ3n) is 2.69. The molecular weight excluding hydrogens is 206 g/mol. The lowest BCUT2D eigenvalue weighted by Gasteiger charge is -2.24. The van der Waals surface area contributed by atoms with E-state index in [1.54, 1.807) is 0 Å². The Morgan fingerprint density at radius 1 is 1.19 bits per heavy atom. The largest absolute Gasteiger partial charge is 0.453 e. The zero-order chi connectivity index (χ0) is 12.6. The maximum Gasteiger partial charge on any atom is 0.407 e. The van der Waals surface area contributed by atoms with Crippen molar-refractivity contribution in [1.82, 2.24) is 5.32 Å². The molecule has 0 spiro atoms. The first kappa shape index (κ1) is 14.9. The van der Waals surface area contributed by atoms with E-state index in [-0.39, 0.29) is 11.7 Å². The van der Waals surface area contributed by atoms with E-state index in [0.717, 1.165) is 25.7 Å². The van der Waals surface area contributed by atoms with E-state index in [2.05, 4.69) is 23.9 Å². The molecule has 0 fully saturated rings. The van der Waals surface area contributed by atoms with E-state index >= 15 is 0 Å². The van der Waals surface area contributed by atoms with Gasteiger partial charge in [0.15, 0.2) is 5.78 Å². The molecule has 1 unspecified atom stereocenters. The van der Waals surface area contributed by atoms with E-state index < -0.39 is 12.1 Å². The molecule has 0 aromatic heterocycles. The molecule has 0 rings (SSSR count). The van der Waals surface area contributed by atoms with Gasteiger partial charge in [-0.3, -0.25) is 4.79 Å². The Balaban J connectivity index is 4.56. The number of ether oxygens (including phenoxy) is 1. The fraction of sp³-hybridized carbons (Fsp3) is 0.833. The van der Waals surface area contributed by atoms with Crippen LogP contribution in [-0.2, 0) is 9.53 Å². The normalized spacial score (nSPS) is 12.3. The number of hydrogen-bond donors (Lipinski definition) is 1. The van der Waals surface area contributed by atoms with Crippen LogP contribution >= 0.6 is 0 Å². The summed E-state index contributed by atoms with van der Waals surface area (Å²) < 4.78 is 4.54. The summed E-state index contributed by atoms with van der Waals surface area (Å²) >= 11 is 0. The fourth-order valence-corrected chi connectivity index (χ4v) is 1.96. The van der Waals surface area contributed by atoms with Gasteiger partial charge in [-0.2, -0.15) is 0 Å². The Bertz CT molecular complexity index is 222. The minimum Gasteiger partial charge on any atom is -0.453 e. The van der Waals surface area contributed by atoms with Crippen LogP contribution in [0.4, 0.5) is 4.79 Å². The zero-order valence-electron chi connectivity index (χ0n) is 10.7. The van der Waals surface area contributed by atoms with Crippen molar-refractivity contribution in [2.75, 3.05) is 7.11 Å². The van der Waals surface area contributed by atoms with E-state index in [9.17, 15) is 9.59 Å². The molecule has 0 bridgehead atoms. The van der Waals surface area contributed by atoms with Crippen LogP contribution in [0.3, 0.4) is 0 Å². The van der Waals surface area contributed by atoms with E-state index in [1.807, 2.05) is 0 Å². The summed E-state index contributed by atoms with van der Waals surface area (Å²) in [7, 11) is 1.31. The molecule has 0 aliphatic carbocycles. The van der Waals surface area contributed by atoms with Gasteiger partial charge in [0.1, 0.15) is 0 Å². The summed E-state index contributed by atoms with van der Waals surface area (Å²) in [6.07, 6.45) is 3.39. The van der Waals surface area contributed by atoms with Gasteiger partial charge in [-0.15, -0.1) is 0 Å². The SMILES string of the molecule is CCCC(CCC)C(NC(=O)OC)C(C)=O. The highest BCUT2D eigenvalue weighted by molar-refractivity contribution is 5.85. The average Bonchev–Trinajstić information content (AvgIpc) is 2.25. The zero-order valence-corrected chi connectivity index (χ0v) is 10.7. The number of carbonyl (C=O) groups is 2. The molecule has 0 aliphatic heterocycles. The minimum atomic E-state index is -0.530. The van der Waals surface area contributed by atoms with Crippen molar-refractivity contribution in [1.29, 1.82) is 0 Å². The lowest BCUT2D eigenvalue weighted by Crippen LogP contribution is -2.45. The molecule has 0 aromatic carbocycles. The number of amides is 1. The third kappa shape index (κ3) is 5.14. The van der Waals surface area contributed by atoms with Gasteiger partial charge in [0.05, 0.1) is 13.2 Å². The summed E-state index contributed by atoms with van der Waals surface area (Å²) in [6.45, 7) is 5.68. The Hall–Kier alpha value is -1.06. The van der Waals surface area contributed by atoms with Gasteiger partial charge in [0, 0.05) is 0 Å². The van der Waals surface area contributed by atoms with Crippen LogP contribution in [0.15, 0.2) is 0 Å². The van der Waals surface area contributed by atoms with Crippen molar-refractivity contribution >= 4 is 11.9 Å². The molecule has 0 radical (unpaired) electrons. The van der Waals surface area contributed by atoms with Crippen molar-refractivity contribution in [2.24, 2.45) is 5.92 Å². The highest BCUT2D eigenvalue weighted by Gasteiger charge is 2.26. The van der Waals surface area contributed by atoms with Crippen molar-refractivity contribution in [3.8, 4) is 0 Å². The van der Waals surface area contributed by atoms with Crippen LogP contribution in [-0.4, -0.2) is 25.0 Å². The second kappa shape index (κ2) is 8.13. The first-order valence-electron chi connectivity index (χ1n) is 5.91. The molecule has 0 aliphatic rings. The highest BCUT2D eigenvalue weighted by atomic mass is 16.5. The second-order valence-corrected chi connectivity index (χ2v) is 4.06. The highest BCUT2D eigenvalue weighted by Crippen LogP contribution is 2.18. The first-order valence-corrected chi connectivity index (χ1v) is 5.91. The molecule has 94 valence electrons. The first-order chi connectivity index (χ1) is 7.56. The molecule has 16 heavy (non-hydrogen) atoms. The molecular formula is C12H23NO3. The number of nitrogens with one attached hydrogen (secondary N) is 1. The standard InChI is InChI=1S/C12H23NO3/c1-5-7-10(8-6-2)11(9(3)14)13-12(15)16-4/h10-11H,5-8H2,1-4H3,(H,13,15). The summed E-state index contributed by atoms with van der Waals surface area (Å²) in [5.74, 6) is 0.212. The van der Waals surface area contributed by atoms with E-state index in [0.29, 0.717) is 0 Å². The number of ketones is 1. The van der Waals surface area contributed by atoms with Crippen LogP contribution < -0.4 is 5.32 Å². The lowest BCUT2D eigenvalue weighted by molar-refractivity contribution is -0.120. The van der Waals surface area contributed by atoms with Gasteiger partial charge in [0.2, 0.25) is 0 Å². The Kier molecular flexibility index (Phi) is 7.60. The van der Waals surface area contributed by atoms with Crippen molar-refractivity contribution in [3.05, 3.63) is 0 Å². The quantitative estimate of drug-likeness (QED) is 0.729. The molecule has 4 heteroatoms. The van der Waals surface area contributed by atoms with Crippen LogP contribution in [0.2, 0.25) is 0 Å². The number of hydrogen-bond acceptors (Lipinski definition) is 3. The summed E-state index contributed by atoms with van der Waals surface area (Å²) in [4.78, 5) is 22.7. The van der Waals surface area contributed by atoms with Crippen LogP contribution in [0, 0.1) is 5.92 Å². The van der Waals surface area contributed by atoms with Gasteiger partial charge in [0.25, 0.3) is 0 Å². The second-order valence-electron chi connectivity index (χ2n) is 4.06. The fourth-order valence-electron chi connectivity index (χ4n) is 1.96. The van der Waals surface area contributed by atoms with Crippen molar-refractivity contribution < 1.29 is 14.3 Å². The molecule has 0 saturated carbocycles. The number of carbonyl (C=O) groups excluding carboxylic acids is 2. The molecule has 1 N–H and O–H groups in total. The van der Waals surface area contributed by atoms with Crippen molar-refractivity contribution in [3.63, 3.8) is 0 Å². The Morgan fingerprint density at radius 2 is 1.69 bits per heavy atom. The number of rotatable bonds is 7. The smallest absolute Gasteiger partial charge is 0.407 e. The molecule has 1 atom stereocenters. The summed E-state index contributed by atoms with van der Waals surface area (Å²) in [6, 6.07) is -0.410. The van der Waals surface area contributed by atoms with Crippen molar-refractivity contribution in [2.45, 2.75) is 52.5 Å². The lowest BCUT2D eigenvalue weighted by atomic mass is 9.88. The van der Waals surface area contributed by atoms with Gasteiger partial charge >= 0.3 is 6.09 Å². The topological polar surface area (TPSA) is 55.4 Å². The number of Topliss-reactive ketones (excluding diaryl/α,β-unsaturated/α-hetero) is 1. The van der Waals surface area contributed by atoms with Gasteiger partial charge in [-0.1, -0.05) is 26.7 Å². The molecule has 0 heterocycles. The maximum absolute atomic E-state index is 11.5. The predicted octanol–water partition coefficient (Wildman–Crippen LogP) is 2.52. The Morgan fingerprint density at radius 3 is 2.00 bits per heavy atom. The van der Waals surface area contributed by atoms with Crippen LogP contribution in [0.25, 0.3) is 0 Å². The van der Waals surface area contributed by atoms with Gasteiger partial charge < -0.3 is 10.1 Å². The molecule has 0 aromatic rings. The minimum absolute atomic E-state index is 0.00250. The molecule has 1 amide bonds. The summed E-state index contributed by atoms with van der Waals surface area (Å²) in [5.41, 5.74) is 0. The van der Waals surface area contributed by atoms with Crippen LogP contribution in [0.5, 0.6) is 0 Å². The molecule has 4 nitrogen and oxygen atoms in total. The Labute approximate surface area is 97.7 Å². The maximum atomic E-state index is 11.5. The number of alkyl carbamates (subject to hydrolysis) is 1. The summed E-state index contributed by atoms with van der Waals surface area (Å²) in [5, 5.41) is 2.63. The van der Waals surface area contributed by atoms with Crippen LogP contribution in [0.1, 0.15) is 46.5 Å². The number of methoxy groups -OCH3 is 1. The van der Waals surface area contributed by atoms with Gasteiger partial charge in [-0.05, 0) is 25.7 Å². The monoisotopic (exact) mass is 229 g/mol. The van der Waals surface area contributed by atoms with E-state index in [4.69, 9.17) is 0 Å². The third-order valence-corrected chi connectivity index (χ3v) is 2.69.